The van der Waals surface area contributed by atoms with Crippen molar-refractivity contribution in [3.63, 3.8) is 0 Å². The number of aromatic nitrogens is 2. The first kappa shape index (κ1) is 25.4. The molecule has 2 aromatic rings. The lowest BCUT2D eigenvalue weighted by Gasteiger charge is -2.13. The number of hydrogen-bond donors (Lipinski definition) is 2. The molecule has 0 radical (unpaired) electrons. The van der Waals surface area contributed by atoms with Gasteiger partial charge in [-0.25, -0.2) is 4.79 Å². The van der Waals surface area contributed by atoms with Crippen LogP contribution in [-0.2, 0) is 15.9 Å². The number of furan rings is 1. The lowest BCUT2D eigenvalue weighted by Crippen LogP contribution is -2.27. The van der Waals surface area contributed by atoms with Crippen molar-refractivity contribution in [1.29, 1.82) is 0 Å². The molecule has 8 heteroatoms. The molecule has 1 aliphatic carbocycles. The molecule has 1 aliphatic heterocycles. The minimum Gasteiger partial charge on any atom is -0.443 e. The van der Waals surface area contributed by atoms with Crippen molar-refractivity contribution in [2.24, 2.45) is 5.92 Å². The normalized spacial score (nSPS) is 23.4. The molecule has 1 saturated carbocycles. The molecule has 2 N–H and O–H groups in total. The minimum atomic E-state index is -0.799. The maximum Gasteiger partial charge on any atom is 0.353 e. The second-order valence-corrected chi connectivity index (χ2v) is 9.97. The number of hydrogen-bond acceptors (Lipinski definition) is 7. The summed E-state index contributed by atoms with van der Waals surface area (Å²) in [6.45, 7) is 1.60. The zero-order valence-electron chi connectivity index (χ0n) is 20.2. The fourth-order valence-corrected chi connectivity index (χ4v) is 5.17. The summed E-state index contributed by atoms with van der Waals surface area (Å²) in [4.78, 5) is 16.4. The van der Waals surface area contributed by atoms with Gasteiger partial charge < -0.3 is 24.1 Å². The Morgan fingerprint density at radius 2 is 1.82 bits per heavy atom. The molecular formula is C26H40N2O6. The van der Waals surface area contributed by atoms with Crippen molar-refractivity contribution in [2.75, 3.05) is 19.8 Å². The Bertz CT molecular complexity index is 935. The Kier molecular flexibility index (Phi) is 9.56. The van der Waals surface area contributed by atoms with Crippen LogP contribution < -0.4 is 5.69 Å². The lowest BCUT2D eigenvalue weighted by atomic mass is 10.1. The van der Waals surface area contributed by atoms with Gasteiger partial charge in [0.1, 0.15) is 18.1 Å². The van der Waals surface area contributed by atoms with Gasteiger partial charge in [0, 0.05) is 32.3 Å². The molecule has 2 aromatic heterocycles. The highest BCUT2D eigenvalue weighted by Crippen LogP contribution is 2.28. The fraction of sp³-hybridized carbons (Fsp3) is 0.769. The monoisotopic (exact) mass is 476 g/mol. The first-order valence-electron chi connectivity index (χ1n) is 13.2. The van der Waals surface area contributed by atoms with Crippen molar-refractivity contribution in [3.8, 4) is 0 Å². The Balaban J connectivity index is 1.11. The van der Waals surface area contributed by atoms with E-state index in [1.807, 2.05) is 6.07 Å². The molecule has 2 fully saturated rings. The van der Waals surface area contributed by atoms with Crippen LogP contribution in [0.2, 0.25) is 0 Å². The van der Waals surface area contributed by atoms with E-state index >= 15 is 0 Å². The molecular weight excluding hydrogens is 436 g/mol. The molecule has 2 aliphatic rings. The van der Waals surface area contributed by atoms with Gasteiger partial charge >= 0.3 is 5.69 Å². The molecule has 0 amide bonds. The first-order chi connectivity index (χ1) is 16.6. The van der Waals surface area contributed by atoms with Crippen molar-refractivity contribution < 1.29 is 24.1 Å². The second kappa shape index (κ2) is 12.8. The Hall–Kier alpha value is -1.74. The second-order valence-electron chi connectivity index (χ2n) is 9.97. The third-order valence-corrected chi connectivity index (χ3v) is 7.22. The molecule has 3 atom stereocenters. The average molecular weight is 477 g/mol. The van der Waals surface area contributed by atoms with Crippen LogP contribution in [0.15, 0.2) is 21.5 Å². The summed E-state index contributed by atoms with van der Waals surface area (Å²) >= 11 is 0. The number of aliphatic hydroxyl groups excluding tert-OH is 2. The van der Waals surface area contributed by atoms with Gasteiger partial charge in [0.2, 0.25) is 5.71 Å². The van der Waals surface area contributed by atoms with Crippen LogP contribution in [0.5, 0.6) is 0 Å². The fourth-order valence-electron chi connectivity index (χ4n) is 5.17. The van der Waals surface area contributed by atoms with Gasteiger partial charge in [0.25, 0.3) is 0 Å². The molecule has 8 nitrogen and oxygen atoms in total. The summed E-state index contributed by atoms with van der Waals surface area (Å²) < 4.78 is 18.6. The van der Waals surface area contributed by atoms with Gasteiger partial charge in [-0.2, -0.15) is 4.98 Å². The van der Waals surface area contributed by atoms with Crippen molar-refractivity contribution >= 4 is 11.1 Å². The predicted molar refractivity (Wildman–Crippen MR) is 129 cm³/mol. The topological polar surface area (TPSA) is 107 Å². The van der Waals surface area contributed by atoms with Gasteiger partial charge in [-0.1, -0.05) is 44.9 Å². The van der Waals surface area contributed by atoms with E-state index in [-0.39, 0.29) is 13.0 Å². The smallest absolute Gasteiger partial charge is 0.353 e. The van der Waals surface area contributed by atoms with Crippen molar-refractivity contribution in [2.45, 2.75) is 102 Å². The zero-order valence-corrected chi connectivity index (χ0v) is 20.2. The van der Waals surface area contributed by atoms with Crippen molar-refractivity contribution in [3.05, 3.63) is 28.5 Å². The highest BCUT2D eigenvalue weighted by molar-refractivity contribution is 5.72. The lowest BCUT2D eigenvalue weighted by molar-refractivity contribution is -0.0457. The average Bonchev–Trinajstić information content (AvgIpc) is 3.56. The summed E-state index contributed by atoms with van der Waals surface area (Å²) in [5.74, 6) is 1.65. The highest BCUT2D eigenvalue weighted by Gasteiger charge is 2.35. The Labute approximate surface area is 201 Å². The van der Waals surface area contributed by atoms with Gasteiger partial charge in [0.05, 0.1) is 18.1 Å². The summed E-state index contributed by atoms with van der Waals surface area (Å²) in [6, 6.07) is 1.93. The molecule has 3 heterocycles. The van der Waals surface area contributed by atoms with E-state index in [1.165, 1.54) is 62.4 Å². The van der Waals surface area contributed by atoms with E-state index in [2.05, 4.69) is 4.98 Å². The molecule has 190 valence electrons. The molecule has 4 rings (SSSR count). The summed E-state index contributed by atoms with van der Waals surface area (Å²) in [5.41, 5.74) is -0.142. The van der Waals surface area contributed by atoms with Crippen molar-refractivity contribution in [1.82, 2.24) is 9.55 Å². The van der Waals surface area contributed by atoms with Crippen LogP contribution in [0.1, 0.15) is 89.0 Å². The summed E-state index contributed by atoms with van der Waals surface area (Å²) in [7, 11) is 0. The largest absolute Gasteiger partial charge is 0.443 e. The van der Waals surface area contributed by atoms with Crippen LogP contribution in [0.25, 0.3) is 11.1 Å². The standard InChI is InChI=1S/C26H40N2O6/c29-17-23-22(30)15-24(34-23)28-16-20-14-21(33-25(20)27-26(28)31)12-6-4-2-1-3-5-9-13-32-18-19-10-7-8-11-19/h14,16,19,22-24,29-30H,1-13,15,17-18H2/t22-,23+,24+/m0/s1. The van der Waals surface area contributed by atoms with Gasteiger partial charge in [-0.15, -0.1) is 0 Å². The molecule has 34 heavy (non-hydrogen) atoms. The van der Waals surface area contributed by atoms with E-state index in [0.29, 0.717) is 5.71 Å². The number of aliphatic hydroxyl groups is 2. The van der Waals surface area contributed by atoms with E-state index in [0.717, 1.165) is 49.5 Å². The third kappa shape index (κ3) is 6.90. The third-order valence-electron chi connectivity index (χ3n) is 7.22. The molecule has 1 saturated heterocycles. The van der Waals surface area contributed by atoms with Crippen LogP contribution in [-0.4, -0.2) is 51.8 Å². The van der Waals surface area contributed by atoms with Crippen LogP contribution in [0.3, 0.4) is 0 Å². The van der Waals surface area contributed by atoms with Crippen LogP contribution >= 0.6 is 0 Å². The molecule has 0 spiro atoms. The quantitative estimate of drug-likeness (QED) is 0.395. The molecule has 0 aromatic carbocycles. The Morgan fingerprint density at radius 3 is 2.56 bits per heavy atom. The number of unbranched alkanes of at least 4 members (excludes halogenated alkanes) is 6. The highest BCUT2D eigenvalue weighted by atomic mass is 16.5. The number of aryl methyl sites for hydroxylation is 1. The Morgan fingerprint density at radius 1 is 1.09 bits per heavy atom. The number of ether oxygens (including phenoxy) is 2. The van der Waals surface area contributed by atoms with Crippen LogP contribution in [0.4, 0.5) is 0 Å². The van der Waals surface area contributed by atoms with E-state index in [4.69, 9.17) is 13.9 Å². The van der Waals surface area contributed by atoms with E-state index in [9.17, 15) is 15.0 Å². The maximum atomic E-state index is 12.4. The van der Waals surface area contributed by atoms with Crippen LogP contribution in [0, 0.1) is 5.92 Å². The van der Waals surface area contributed by atoms with Gasteiger partial charge in [0.15, 0.2) is 0 Å². The number of rotatable bonds is 14. The first-order valence-corrected chi connectivity index (χ1v) is 13.2. The van der Waals surface area contributed by atoms with E-state index in [1.54, 1.807) is 6.20 Å². The van der Waals surface area contributed by atoms with E-state index < -0.39 is 24.1 Å². The van der Waals surface area contributed by atoms with Gasteiger partial charge in [-0.3, -0.25) is 4.57 Å². The summed E-state index contributed by atoms with van der Waals surface area (Å²) in [5, 5.41) is 20.0. The number of fused-ring (bicyclic) bond motifs is 1. The SMILES string of the molecule is O=c1nc2oc(CCCCCCCCCOCC3CCCC3)cc2cn1[C@H]1C[C@H](O)[C@@H](CO)O1. The minimum absolute atomic E-state index is 0.247. The predicted octanol–water partition coefficient (Wildman–Crippen LogP) is 4.11. The maximum absolute atomic E-state index is 12.4. The molecule has 0 bridgehead atoms. The van der Waals surface area contributed by atoms with Gasteiger partial charge in [-0.05, 0) is 37.7 Å². The molecule has 0 unspecified atom stereocenters. The summed E-state index contributed by atoms with van der Waals surface area (Å²) in [6.07, 6.45) is 14.5. The zero-order chi connectivity index (χ0) is 23.8. The number of nitrogens with zero attached hydrogens (tertiary/aromatic N) is 2.